The van der Waals surface area contributed by atoms with E-state index in [4.69, 9.17) is 0 Å². The largest absolute Gasteiger partial charge is 0.390 e. The molecule has 4 heteroatoms. The Morgan fingerprint density at radius 3 is 2.07 bits per heavy atom. The van der Waals surface area contributed by atoms with Gasteiger partial charge < -0.3 is 0 Å². The van der Waals surface area contributed by atoms with E-state index in [9.17, 15) is 9.59 Å². The summed E-state index contributed by atoms with van der Waals surface area (Å²) in [6.45, 7) is 9.38. The van der Waals surface area contributed by atoms with E-state index in [0.29, 0.717) is 0 Å². The van der Waals surface area contributed by atoms with Gasteiger partial charge in [0.1, 0.15) is 0 Å². The number of hydrogen-bond acceptors (Lipinski definition) is 4. The third-order valence-electron chi connectivity index (χ3n) is 1.12. The van der Waals surface area contributed by atoms with Crippen molar-refractivity contribution in [3.8, 4) is 0 Å². The van der Waals surface area contributed by atoms with E-state index in [1.807, 2.05) is 0 Å². The van der Waals surface area contributed by atoms with Gasteiger partial charge in [0.05, 0.1) is 5.57 Å². The topological polar surface area (TPSA) is 52.6 Å². The standard InChI is InChI=1S/C10H10O4/c1-5-6-8(4)10(12)14-13-9(11)7(2)3/h1-2H2,3-4H3. The van der Waals surface area contributed by atoms with Gasteiger partial charge in [-0.3, -0.25) is 0 Å². The van der Waals surface area contributed by atoms with Gasteiger partial charge in [0.15, 0.2) is 0 Å². The molecule has 0 atom stereocenters. The number of carbonyl (C=O) groups excluding carboxylic acids is 2. The van der Waals surface area contributed by atoms with Crippen LogP contribution >= 0.6 is 0 Å². The first-order valence-corrected chi connectivity index (χ1v) is 3.69. The van der Waals surface area contributed by atoms with Crippen molar-refractivity contribution >= 4 is 11.9 Å². The highest BCUT2D eigenvalue weighted by molar-refractivity contribution is 5.90. The zero-order valence-corrected chi connectivity index (χ0v) is 8.05. The lowest BCUT2D eigenvalue weighted by Gasteiger charge is -2.00. The van der Waals surface area contributed by atoms with Crippen LogP contribution in [0.1, 0.15) is 13.8 Å². The van der Waals surface area contributed by atoms with Crippen LogP contribution in [0.4, 0.5) is 0 Å². The van der Waals surface area contributed by atoms with Gasteiger partial charge in [0.2, 0.25) is 0 Å². The Hall–Kier alpha value is -2.02. The van der Waals surface area contributed by atoms with Crippen LogP contribution in [0.3, 0.4) is 0 Å². The molecule has 0 aliphatic rings. The lowest BCUT2D eigenvalue weighted by Crippen LogP contribution is -2.11. The summed E-state index contributed by atoms with van der Waals surface area (Å²) in [5, 5.41) is 0. The summed E-state index contributed by atoms with van der Waals surface area (Å²) in [6.07, 6.45) is 0. The van der Waals surface area contributed by atoms with E-state index in [1.54, 1.807) is 0 Å². The average molecular weight is 194 g/mol. The molecule has 4 nitrogen and oxygen atoms in total. The summed E-state index contributed by atoms with van der Waals surface area (Å²) < 4.78 is 0. The molecule has 74 valence electrons. The van der Waals surface area contributed by atoms with Crippen molar-refractivity contribution in [2.75, 3.05) is 0 Å². The summed E-state index contributed by atoms with van der Waals surface area (Å²) >= 11 is 0. The third kappa shape index (κ3) is 4.12. The first kappa shape index (κ1) is 12.0. The number of rotatable bonds is 2. The second kappa shape index (κ2) is 5.60. The van der Waals surface area contributed by atoms with E-state index in [1.165, 1.54) is 13.8 Å². The second-order valence-corrected chi connectivity index (χ2v) is 2.45. The van der Waals surface area contributed by atoms with Gasteiger partial charge >= 0.3 is 11.9 Å². The van der Waals surface area contributed by atoms with Crippen LogP contribution in [0.5, 0.6) is 0 Å². The molecule has 14 heavy (non-hydrogen) atoms. The van der Waals surface area contributed by atoms with Gasteiger partial charge in [-0.2, -0.15) is 0 Å². The van der Waals surface area contributed by atoms with Crippen LogP contribution < -0.4 is 0 Å². The molecule has 0 fully saturated rings. The maximum Gasteiger partial charge on any atom is 0.390 e. The highest BCUT2D eigenvalue weighted by Crippen LogP contribution is 1.98. The van der Waals surface area contributed by atoms with Crippen molar-refractivity contribution < 1.29 is 19.4 Å². The van der Waals surface area contributed by atoms with Gasteiger partial charge in [-0.15, -0.1) is 0 Å². The number of carbonyl (C=O) groups is 2. The maximum atomic E-state index is 11.0. The summed E-state index contributed by atoms with van der Waals surface area (Å²) in [6, 6.07) is 0. The normalized spacial score (nSPS) is 7.86. The van der Waals surface area contributed by atoms with Gasteiger partial charge in [-0.05, 0) is 20.4 Å². The minimum absolute atomic E-state index is 0.106. The molecular weight excluding hydrogens is 184 g/mol. The van der Waals surface area contributed by atoms with Crippen LogP contribution in [0, 0.1) is 0 Å². The van der Waals surface area contributed by atoms with Gasteiger partial charge in [0, 0.05) is 5.57 Å². The molecule has 0 aliphatic carbocycles. The smallest absolute Gasteiger partial charge is 0.242 e. The third-order valence-corrected chi connectivity index (χ3v) is 1.12. The fraction of sp³-hybridized carbons (Fsp3) is 0.200. The van der Waals surface area contributed by atoms with Crippen molar-refractivity contribution in [1.29, 1.82) is 0 Å². The molecule has 0 aromatic carbocycles. The minimum Gasteiger partial charge on any atom is -0.242 e. The van der Waals surface area contributed by atoms with E-state index in [0.717, 1.165) is 0 Å². The van der Waals surface area contributed by atoms with Crippen LogP contribution in [0.25, 0.3) is 0 Å². The molecule has 0 radical (unpaired) electrons. The molecular formula is C10H10O4. The lowest BCUT2D eigenvalue weighted by atomic mass is 10.3. The predicted molar refractivity (Wildman–Crippen MR) is 48.8 cm³/mol. The quantitative estimate of drug-likeness (QED) is 0.289. The average Bonchev–Trinajstić information content (AvgIpc) is 2.13. The van der Waals surface area contributed by atoms with Crippen molar-refractivity contribution in [3.05, 3.63) is 35.8 Å². The molecule has 0 aliphatic heterocycles. The Morgan fingerprint density at radius 1 is 1.14 bits per heavy atom. The highest BCUT2D eigenvalue weighted by atomic mass is 17.2. The summed E-state index contributed by atoms with van der Waals surface area (Å²) in [4.78, 5) is 30.0. The molecule has 0 spiro atoms. The van der Waals surface area contributed by atoms with E-state index in [2.05, 4.69) is 34.4 Å². The SMILES string of the molecule is C=C=C=C(C)C(=O)OOC(=O)C(=C)C. The van der Waals surface area contributed by atoms with Crippen molar-refractivity contribution in [3.63, 3.8) is 0 Å². The van der Waals surface area contributed by atoms with Crippen LogP contribution in [-0.4, -0.2) is 11.9 Å². The van der Waals surface area contributed by atoms with Crippen LogP contribution in [0.2, 0.25) is 0 Å². The molecule has 0 saturated heterocycles. The zero-order chi connectivity index (χ0) is 11.1. The summed E-state index contributed by atoms with van der Waals surface area (Å²) in [5.74, 6) is -1.62. The Labute approximate surface area is 81.7 Å². The highest BCUT2D eigenvalue weighted by Gasteiger charge is 2.11. The fourth-order valence-electron chi connectivity index (χ4n) is 0.393. The Balaban J connectivity index is 4.24. The van der Waals surface area contributed by atoms with Crippen molar-refractivity contribution in [1.82, 2.24) is 0 Å². The Kier molecular flexibility index (Phi) is 4.79. The molecule has 0 rings (SSSR count). The summed E-state index contributed by atoms with van der Waals surface area (Å²) in [5.41, 5.74) is 4.87. The molecule has 0 N–H and O–H groups in total. The molecule has 0 heterocycles. The molecule has 0 aromatic rings. The van der Waals surface area contributed by atoms with Crippen molar-refractivity contribution in [2.45, 2.75) is 13.8 Å². The first-order valence-electron chi connectivity index (χ1n) is 3.69. The van der Waals surface area contributed by atoms with Crippen LogP contribution in [-0.2, 0) is 19.4 Å². The molecule has 0 saturated carbocycles. The second-order valence-electron chi connectivity index (χ2n) is 2.45. The van der Waals surface area contributed by atoms with Crippen LogP contribution in [0.15, 0.2) is 35.8 Å². The maximum absolute atomic E-state index is 11.0. The minimum atomic E-state index is -0.823. The monoisotopic (exact) mass is 194 g/mol. The lowest BCUT2D eigenvalue weighted by molar-refractivity contribution is -0.252. The van der Waals surface area contributed by atoms with Gasteiger partial charge in [-0.25, -0.2) is 19.4 Å². The van der Waals surface area contributed by atoms with Gasteiger partial charge in [-0.1, -0.05) is 18.0 Å². The molecule has 0 aromatic heterocycles. The molecule has 0 unspecified atom stereocenters. The molecule has 0 bridgehead atoms. The number of hydrogen-bond donors (Lipinski definition) is 0. The Morgan fingerprint density at radius 2 is 1.64 bits per heavy atom. The van der Waals surface area contributed by atoms with E-state index >= 15 is 0 Å². The predicted octanol–water partition coefficient (Wildman–Crippen LogP) is 1.45. The Bertz CT molecular complexity index is 352. The summed E-state index contributed by atoms with van der Waals surface area (Å²) in [7, 11) is 0. The van der Waals surface area contributed by atoms with Gasteiger partial charge in [0.25, 0.3) is 0 Å². The van der Waals surface area contributed by atoms with Crippen molar-refractivity contribution in [2.24, 2.45) is 0 Å². The molecule has 0 amide bonds. The first-order chi connectivity index (χ1) is 6.49. The van der Waals surface area contributed by atoms with E-state index in [-0.39, 0.29) is 11.1 Å². The zero-order valence-electron chi connectivity index (χ0n) is 8.05. The fourth-order valence-corrected chi connectivity index (χ4v) is 0.393. The van der Waals surface area contributed by atoms with E-state index < -0.39 is 11.9 Å².